The predicted octanol–water partition coefficient (Wildman–Crippen LogP) is 4.18. The molecule has 2 rings (SSSR count). The third kappa shape index (κ3) is 3.09. The van der Waals surface area contributed by atoms with Gasteiger partial charge in [-0.25, -0.2) is 4.39 Å². The fourth-order valence-electron chi connectivity index (χ4n) is 3.30. The number of benzene rings is 1. The molecule has 1 saturated heterocycles. The zero-order valence-electron chi connectivity index (χ0n) is 13.0. The van der Waals surface area contributed by atoms with E-state index in [9.17, 15) is 4.39 Å². The van der Waals surface area contributed by atoms with Crippen LogP contribution in [-0.4, -0.2) is 35.6 Å². The Morgan fingerprint density at radius 2 is 1.85 bits per heavy atom. The summed E-state index contributed by atoms with van der Waals surface area (Å²) < 4.78 is 13.6. The van der Waals surface area contributed by atoms with E-state index in [0.717, 1.165) is 25.3 Å². The van der Waals surface area contributed by atoms with Gasteiger partial charge >= 0.3 is 0 Å². The molecule has 1 aliphatic heterocycles. The van der Waals surface area contributed by atoms with Gasteiger partial charge < -0.3 is 4.90 Å². The quantitative estimate of drug-likeness (QED) is 0.767. The molecule has 2 nitrogen and oxygen atoms in total. The third-order valence-corrected chi connectivity index (χ3v) is 4.29. The Morgan fingerprint density at radius 3 is 2.35 bits per heavy atom. The smallest absolute Gasteiger partial charge is 0.143 e. The highest BCUT2D eigenvalue weighted by atomic mass is 35.5. The number of halogens is 2. The molecule has 0 aromatic heterocycles. The Labute approximate surface area is 126 Å². The van der Waals surface area contributed by atoms with Gasteiger partial charge in [-0.15, -0.1) is 0 Å². The Kier molecular flexibility index (Phi) is 4.05. The molecule has 1 fully saturated rings. The van der Waals surface area contributed by atoms with Gasteiger partial charge in [-0.05, 0) is 52.8 Å². The molecule has 0 atom stereocenters. The Hall–Kier alpha value is -0.800. The van der Waals surface area contributed by atoms with Crippen LogP contribution in [0.5, 0.6) is 0 Å². The zero-order valence-corrected chi connectivity index (χ0v) is 13.8. The fraction of sp³-hybridized carbons (Fsp3) is 0.625. The molecule has 1 aromatic carbocycles. The van der Waals surface area contributed by atoms with E-state index in [0.29, 0.717) is 0 Å². The molecule has 0 aliphatic carbocycles. The van der Waals surface area contributed by atoms with Gasteiger partial charge in [0.15, 0.2) is 0 Å². The number of hydrogen-bond acceptors (Lipinski definition) is 2. The highest BCUT2D eigenvalue weighted by Crippen LogP contribution is 2.32. The lowest BCUT2D eigenvalue weighted by Gasteiger charge is -2.53. The monoisotopic (exact) mass is 298 g/mol. The van der Waals surface area contributed by atoms with Crippen LogP contribution in [0.15, 0.2) is 18.2 Å². The summed E-state index contributed by atoms with van der Waals surface area (Å²) in [5.41, 5.74) is 1.10. The molecular formula is C16H24ClFN2. The van der Waals surface area contributed by atoms with E-state index >= 15 is 0 Å². The molecule has 0 N–H and O–H groups in total. The first-order chi connectivity index (χ1) is 9.11. The Morgan fingerprint density at radius 1 is 1.20 bits per heavy atom. The second-order valence-electron chi connectivity index (χ2n) is 7.15. The van der Waals surface area contributed by atoms with E-state index in [1.807, 2.05) is 6.07 Å². The molecule has 112 valence electrons. The minimum atomic E-state index is -0.347. The van der Waals surface area contributed by atoms with Gasteiger partial charge in [-0.1, -0.05) is 11.6 Å². The van der Waals surface area contributed by atoms with Crippen LogP contribution in [0.2, 0.25) is 5.02 Å². The van der Waals surface area contributed by atoms with Gasteiger partial charge in [0, 0.05) is 36.4 Å². The zero-order chi connectivity index (χ0) is 15.1. The lowest BCUT2D eigenvalue weighted by Crippen LogP contribution is -2.64. The molecule has 1 heterocycles. The van der Waals surface area contributed by atoms with Gasteiger partial charge in [-0.3, -0.25) is 4.90 Å². The molecule has 0 amide bonds. The lowest BCUT2D eigenvalue weighted by molar-refractivity contribution is 0.0174. The maximum Gasteiger partial charge on any atom is 0.143 e. The molecule has 0 bridgehead atoms. The molecule has 0 spiro atoms. The van der Waals surface area contributed by atoms with Crippen molar-refractivity contribution >= 4 is 17.3 Å². The van der Waals surface area contributed by atoms with Crippen LogP contribution in [0.1, 0.15) is 34.6 Å². The standard InChI is InChI=1S/C16H24ClFN2/c1-15(2,3)20-9-8-19(11-16(20,4)5)12-6-7-13(17)14(18)10-12/h6-7,10H,8-9,11H2,1-5H3. The van der Waals surface area contributed by atoms with Crippen LogP contribution in [0, 0.1) is 5.82 Å². The van der Waals surface area contributed by atoms with Crippen LogP contribution < -0.4 is 4.90 Å². The van der Waals surface area contributed by atoms with Crippen molar-refractivity contribution in [1.82, 2.24) is 4.90 Å². The average molecular weight is 299 g/mol. The van der Waals surface area contributed by atoms with Gasteiger partial charge in [0.05, 0.1) is 5.02 Å². The average Bonchev–Trinajstić information content (AvgIpc) is 2.29. The maximum absolute atomic E-state index is 13.6. The van der Waals surface area contributed by atoms with Crippen molar-refractivity contribution < 1.29 is 4.39 Å². The summed E-state index contributed by atoms with van der Waals surface area (Å²) in [6, 6.07) is 5.06. The van der Waals surface area contributed by atoms with E-state index in [2.05, 4.69) is 44.4 Å². The first-order valence-electron chi connectivity index (χ1n) is 7.09. The predicted molar refractivity (Wildman–Crippen MR) is 84.2 cm³/mol. The first-order valence-corrected chi connectivity index (χ1v) is 7.47. The molecule has 20 heavy (non-hydrogen) atoms. The highest BCUT2D eigenvalue weighted by Gasteiger charge is 2.39. The maximum atomic E-state index is 13.6. The van der Waals surface area contributed by atoms with Crippen molar-refractivity contribution in [3.8, 4) is 0 Å². The van der Waals surface area contributed by atoms with Crippen LogP contribution in [0.3, 0.4) is 0 Å². The third-order valence-electron chi connectivity index (χ3n) is 3.98. The van der Waals surface area contributed by atoms with Crippen molar-refractivity contribution in [3.63, 3.8) is 0 Å². The SMILES string of the molecule is CC(C)(C)N1CCN(c2ccc(Cl)c(F)c2)CC1(C)C. The number of anilines is 1. The topological polar surface area (TPSA) is 6.48 Å². The van der Waals surface area contributed by atoms with Crippen molar-refractivity contribution in [2.45, 2.75) is 45.7 Å². The van der Waals surface area contributed by atoms with E-state index in [4.69, 9.17) is 11.6 Å². The largest absolute Gasteiger partial charge is 0.368 e. The van der Waals surface area contributed by atoms with Gasteiger partial charge in [-0.2, -0.15) is 0 Å². The normalized spacial score (nSPS) is 20.2. The second kappa shape index (κ2) is 5.19. The van der Waals surface area contributed by atoms with Crippen molar-refractivity contribution in [2.75, 3.05) is 24.5 Å². The molecule has 1 aliphatic rings. The summed E-state index contributed by atoms with van der Waals surface area (Å²) in [5.74, 6) is -0.347. The summed E-state index contributed by atoms with van der Waals surface area (Å²) in [4.78, 5) is 4.75. The minimum absolute atomic E-state index is 0.0482. The van der Waals surface area contributed by atoms with Crippen molar-refractivity contribution in [2.24, 2.45) is 0 Å². The first kappa shape index (κ1) is 15.6. The van der Waals surface area contributed by atoms with E-state index < -0.39 is 0 Å². The number of hydrogen-bond donors (Lipinski definition) is 0. The summed E-state index contributed by atoms with van der Waals surface area (Å²) in [6.07, 6.45) is 0. The molecule has 4 heteroatoms. The Balaban J connectivity index is 2.21. The van der Waals surface area contributed by atoms with Crippen LogP contribution in [0.4, 0.5) is 10.1 Å². The van der Waals surface area contributed by atoms with E-state index in [-0.39, 0.29) is 21.9 Å². The summed E-state index contributed by atoms with van der Waals surface area (Å²) in [6.45, 7) is 14.0. The molecule has 0 saturated carbocycles. The lowest BCUT2D eigenvalue weighted by atomic mass is 9.91. The molecule has 0 unspecified atom stereocenters. The van der Waals surface area contributed by atoms with Crippen LogP contribution >= 0.6 is 11.6 Å². The number of piperazine rings is 1. The Bertz CT molecular complexity index is 494. The number of rotatable bonds is 1. The van der Waals surface area contributed by atoms with Gasteiger partial charge in [0.2, 0.25) is 0 Å². The summed E-state index contributed by atoms with van der Waals surface area (Å²) in [5, 5.41) is 0.182. The van der Waals surface area contributed by atoms with Gasteiger partial charge in [0.25, 0.3) is 0 Å². The van der Waals surface area contributed by atoms with Crippen LogP contribution in [0.25, 0.3) is 0 Å². The summed E-state index contributed by atoms with van der Waals surface area (Å²) >= 11 is 5.76. The summed E-state index contributed by atoms with van der Waals surface area (Å²) in [7, 11) is 0. The molecule has 0 radical (unpaired) electrons. The number of nitrogens with zero attached hydrogens (tertiary/aromatic N) is 2. The minimum Gasteiger partial charge on any atom is -0.368 e. The van der Waals surface area contributed by atoms with E-state index in [1.54, 1.807) is 6.07 Å². The molecule has 1 aromatic rings. The van der Waals surface area contributed by atoms with Crippen molar-refractivity contribution in [3.05, 3.63) is 29.0 Å². The van der Waals surface area contributed by atoms with Gasteiger partial charge in [0.1, 0.15) is 5.82 Å². The fourth-order valence-corrected chi connectivity index (χ4v) is 3.42. The highest BCUT2D eigenvalue weighted by molar-refractivity contribution is 6.30. The van der Waals surface area contributed by atoms with Crippen molar-refractivity contribution in [1.29, 1.82) is 0 Å². The second-order valence-corrected chi connectivity index (χ2v) is 7.56. The molecular weight excluding hydrogens is 275 g/mol. The van der Waals surface area contributed by atoms with E-state index in [1.165, 1.54) is 6.07 Å². The van der Waals surface area contributed by atoms with Crippen LogP contribution in [-0.2, 0) is 0 Å².